The zero-order chi connectivity index (χ0) is 18.7. The Labute approximate surface area is 148 Å². The summed E-state index contributed by atoms with van der Waals surface area (Å²) in [4.78, 5) is 28.9. The lowest BCUT2D eigenvalue weighted by atomic mass is 10.1. The number of halogens is 1. The van der Waals surface area contributed by atoms with Gasteiger partial charge >= 0.3 is 5.97 Å². The number of nitrogens with zero attached hydrogens (tertiary/aromatic N) is 3. The summed E-state index contributed by atoms with van der Waals surface area (Å²) in [5, 5.41) is 12.8. The van der Waals surface area contributed by atoms with Gasteiger partial charge in [-0.15, -0.1) is 0 Å². The van der Waals surface area contributed by atoms with Crippen molar-refractivity contribution in [2.75, 3.05) is 19.7 Å². The number of hydrogen-bond acceptors (Lipinski definition) is 6. The Morgan fingerprint density at radius 3 is 2.96 bits per heavy atom. The van der Waals surface area contributed by atoms with E-state index in [0.717, 1.165) is 0 Å². The van der Waals surface area contributed by atoms with E-state index in [0.29, 0.717) is 29.4 Å². The van der Waals surface area contributed by atoms with Crippen molar-refractivity contribution in [1.82, 2.24) is 15.0 Å². The topological polar surface area (TPSA) is 106 Å². The highest BCUT2D eigenvalue weighted by Gasteiger charge is 2.28. The number of aromatic nitrogens is 2. The second kappa shape index (κ2) is 7.61. The molecule has 1 atom stereocenters. The maximum absolute atomic E-state index is 13.3. The molecule has 1 saturated heterocycles. The number of aliphatic carboxylic acids is 1. The van der Waals surface area contributed by atoms with Crippen molar-refractivity contribution >= 4 is 11.9 Å². The van der Waals surface area contributed by atoms with Crippen LogP contribution in [-0.4, -0.2) is 57.8 Å². The molecular weight excluding hydrogens is 345 g/mol. The first-order valence-electron chi connectivity index (χ1n) is 8.15. The molecule has 1 amide bonds. The molecule has 2 aromatic rings. The molecule has 0 aliphatic carbocycles. The molecule has 0 radical (unpaired) electrons. The van der Waals surface area contributed by atoms with Gasteiger partial charge in [0.15, 0.2) is 6.10 Å². The number of ether oxygens (including phenoxy) is 1. The zero-order valence-corrected chi connectivity index (χ0v) is 14.1. The fourth-order valence-corrected chi connectivity index (χ4v) is 2.65. The van der Waals surface area contributed by atoms with E-state index in [4.69, 9.17) is 14.4 Å². The van der Waals surface area contributed by atoms with E-state index < -0.39 is 12.1 Å². The van der Waals surface area contributed by atoms with Crippen LogP contribution in [0.3, 0.4) is 0 Å². The van der Waals surface area contributed by atoms with E-state index in [-0.39, 0.29) is 37.7 Å². The van der Waals surface area contributed by atoms with E-state index in [2.05, 4.69) is 10.1 Å². The zero-order valence-electron chi connectivity index (χ0n) is 14.1. The minimum Gasteiger partial charge on any atom is -0.479 e. The summed E-state index contributed by atoms with van der Waals surface area (Å²) in [6.07, 6.45) is -0.637. The maximum atomic E-state index is 13.3. The van der Waals surface area contributed by atoms with Gasteiger partial charge in [0, 0.05) is 24.9 Å². The van der Waals surface area contributed by atoms with Gasteiger partial charge in [-0.3, -0.25) is 4.79 Å². The molecule has 1 aromatic carbocycles. The van der Waals surface area contributed by atoms with E-state index in [1.165, 1.54) is 11.0 Å². The highest BCUT2D eigenvalue weighted by molar-refractivity contribution is 5.78. The van der Waals surface area contributed by atoms with E-state index >= 15 is 0 Å². The van der Waals surface area contributed by atoms with Crippen LogP contribution in [0.1, 0.15) is 17.9 Å². The van der Waals surface area contributed by atoms with Gasteiger partial charge in [-0.05, 0) is 30.7 Å². The molecule has 8 nitrogen and oxygen atoms in total. The van der Waals surface area contributed by atoms with Gasteiger partial charge in [-0.1, -0.05) is 5.16 Å². The van der Waals surface area contributed by atoms with E-state index in [9.17, 15) is 14.0 Å². The summed E-state index contributed by atoms with van der Waals surface area (Å²) in [6, 6.07) is 4.51. The average molecular weight is 363 g/mol. The number of rotatable bonds is 5. The van der Waals surface area contributed by atoms with Gasteiger partial charge in [0.25, 0.3) is 0 Å². The summed E-state index contributed by atoms with van der Waals surface area (Å²) >= 11 is 0. The third-order valence-corrected chi connectivity index (χ3v) is 4.13. The number of aryl methyl sites for hydroxylation is 2. The molecule has 1 N–H and O–H groups in total. The Morgan fingerprint density at radius 1 is 1.42 bits per heavy atom. The first-order chi connectivity index (χ1) is 12.4. The summed E-state index contributed by atoms with van der Waals surface area (Å²) in [5.74, 6) is -0.977. The van der Waals surface area contributed by atoms with Crippen molar-refractivity contribution in [3.63, 3.8) is 0 Å². The lowest BCUT2D eigenvalue weighted by Gasteiger charge is -2.30. The number of benzene rings is 1. The third-order valence-electron chi connectivity index (χ3n) is 4.13. The molecule has 1 aliphatic rings. The molecule has 138 valence electrons. The number of carboxylic acids is 1. The minimum absolute atomic E-state index is 0.0259. The molecule has 1 aliphatic heterocycles. The summed E-state index contributed by atoms with van der Waals surface area (Å²) in [7, 11) is 0. The van der Waals surface area contributed by atoms with Crippen molar-refractivity contribution in [3.8, 4) is 11.4 Å². The number of carboxylic acid groups (broad SMARTS) is 1. The molecule has 0 unspecified atom stereocenters. The molecule has 1 fully saturated rings. The van der Waals surface area contributed by atoms with Crippen LogP contribution in [0.2, 0.25) is 0 Å². The number of hydrogen-bond donors (Lipinski definition) is 1. The van der Waals surface area contributed by atoms with Crippen LogP contribution in [-0.2, 0) is 20.7 Å². The molecule has 0 spiro atoms. The molecule has 0 bridgehead atoms. The van der Waals surface area contributed by atoms with Crippen LogP contribution in [0, 0.1) is 12.7 Å². The summed E-state index contributed by atoms with van der Waals surface area (Å²) < 4.78 is 23.6. The predicted octanol–water partition coefficient (Wildman–Crippen LogP) is 1.43. The predicted molar refractivity (Wildman–Crippen MR) is 86.7 cm³/mol. The van der Waals surface area contributed by atoms with Crippen LogP contribution in [0.4, 0.5) is 4.39 Å². The smallest absolute Gasteiger partial charge is 0.334 e. The van der Waals surface area contributed by atoms with Crippen molar-refractivity contribution in [2.24, 2.45) is 0 Å². The van der Waals surface area contributed by atoms with Crippen molar-refractivity contribution in [1.29, 1.82) is 0 Å². The van der Waals surface area contributed by atoms with Crippen molar-refractivity contribution in [2.45, 2.75) is 25.9 Å². The summed E-state index contributed by atoms with van der Waals surface area (Å²) in [6.45, 7) is 2.22. The maximum Gasteiger partial charge on any atom is 0.334 e. The lowest BCUT2D eigenvalue weighted by Crippen LogP contribution is -2.48. The monoisotopic (exact) mass is 363 g/mol. The highest BCUT2D eigenvalue weighted by atomic mass is 19.1. The molecule has 26 heavy (non-hydrogen) atoms. The lowest BCUT2D eigenvalue weighted by molar-refractivity contribution is -0.159. The summed E-state index contributed by atoms with van der Waals surface area (Å²) in [5.41, 5.74) is 1.10. The van der Waals surface area contributed by atoms with Crippen LogP contribution in [0.25, 0.3) is 11.4 Å². The standard InChI is InChI=1S/C17H18FN3O5/c1-10-8-11(2-3-12(10)18)16-19-14(26-20-16)4-5-15(22)21-6-7-25-13(9-21)17(23)24/h2-3,8,13H,4-7,9H2,1H3,(H,23,24)/t13-/m1/s1. The molecule has 0 saturated carbocycles. The Balaban J connectivity index is 1.58. The van der Waals surface area contributed by atoms with Gasteiger partial charge in [0.05, 0.1) is 13.2 Å². The Bertz CT molecular complexity index is 822. The molecular formula is C17H18FN3O5. The van der Waals surface area contributed by atoms with Crippen LogP contribution in [0.15, 0.2) is 22.7 Å². The Kier molecular flexibility index (Phi) is 5.27. The van der Waals surface area contributed by atoms with Gasteiger partial charge in [-0.25, -0.2) is 9.18 Å². The number of amides is 1. The van der Waals surface area contributed by atoms with Gasteiger partial charge in [0.1, 0.15) is 5.82 Å². The number of carbonyl (C=O) groups excluding carboxylic acids is 1. The molecule has 9 heteroatoms. The fourth-order valence-electron chi connectivity index (χ4n) is 2.65. The second-order valence-electron chi connectivity index (χ2n) is 6.01. The SMILES string of the molecule is Cc1cc(-c2noc(CCC(=O)N3CCO[C@@H](C(=O)O)C3)n2)ccc1F. The Morgan fingerprint density at radius 2 is 2.23 bits per heavy atom. The largest absolute Gasteiger partial charge is 0.479 e. The van der Waals surface area contributed by atoms with E-state index in [1.54, 1.807) is 19.1 Å². The first kappa shape index (κ1) is 18.0. The van der Waals surface area contributed by atoms with Crippen molar-refractivity contribution in [3.05, 3.63) is 35.5 Å². The van der Waals surface area contributed by atoms with Gasteiger partial charge in [0.2, 0.25) is 17.6 Å². The molecule has 1 aromatic heterocycles. The van der Waals surface area contributed by atoms with E-state index in [1.807, 2.05) is 0 Å². The molecule has 3 rings (SSSR count). The number of morpholine rings is 1. The Hall–Kier alpha value is -2.81. The quantitative estimate of drug-likeness (QED) is 0.856. The highest BCUT2D eigenvalue weighted by Crippen LogP contribution is 2.19. The minimum atomic E-state index is -1.08. The fraction of sp³-hybridized carbons (Fsp3) is 0.412. The van der Waals surface area contributed by atoms with Crippen LogP contribution >= 0.6 is 0 Å². The third kappa shape index (κ3) is 4.05. The second-order valence-corrected chi connectivity index (χ2v) is 6.01. The average Bonchev–Trinajstić information content (AvgIpc) is 3.11. The van der Waals surface area contributed by atoms with Crippen LogP contribution < -0.4 is 0 Å². The number of carbonyl (C=O) groups is 2. The van der Waals surface area contributed by atoms with Crippen molar-refractivity contribution < 1.29 is 28.3 Å². The normalized spacial score (nSPS) is 17.3. The molecule has 2 heterocycles. The van der Waals surface area contributed by atoms with Gasteiger partial charge in [-0.2, -0.15) is 4.98 Å². The first-order valence-corrected chi connectivity index (χ1v) is 8.15. The van der Waals surface area contributed by atoms with Gasteiger partial charge < -0.3 is 19.3 Å². The van der Waals surface area contributed by atoms with Crippen LogP contribution in [0.5, 0.6) is 0 Å².